The van der Waals surface area contributed by atoms with Gasteiger partial charge in [0.1, 0.15) is 12.4 Å². The van der Waals surface area contributed by atoms with E-state index in [1.807, 2.05) is 30.3 Å². The number of nitrogens with zero attached hydrogens (tertiary/aromatic N) is 3. The first-order valence-corrected chi connectivity index (χ1v) is 7.52. The minimum absolute atomic E-state index is 0.142. The lowest BCUT2D eigenvalue weighted by molar-refractivity contribution is -0.564. The van der Waals surface area contributed by atoms with Crippen molar-refractivity contribution < 1.29 is 14.2 Å². The second-order valence-corrected chi connectivity index (χ2v) is 5.88. The van der Waals surface area contributed by atoms with Crippen LogP contribution in [0.4, 0.5) is 5.82 Å². The predicted octanol–water partition coefficient (Wildman–Crippen LogP) is 1.55. The number of carbonyl (C=O) groups is 2. The lowest BCUT2D eigenvalue weighted by Crippen LogP contribution is -2.60. The second kappa shape index (κ2) is 5.02. The van der Waals surface area contributed by atoms with Crippen LogP contribution in [-0.2, 0) is 4.79 Å². The molecule has 2 heterocycles. The van der Waals surface area contributed by atoms with Crippen molar-refractivity contribution in [1.29, 1.82) is 0 Å². The van der Waals surface area contributed by atoms with Gasteiger partial charge in [0.2, 0.25) is 0 Å². The molecule has 1 amide bonds. The zero-order valence-electron chi connectivity index (χ0n) is 12.1. The fourth-order valence-electron chi connectivity index (χ4n) is 2.93. The smallest absolute Gasteiger partial charge is 0.252 e. The fourth-order valence-corrected chi connectivity index (χ4v) is 2.93. The molecule has 1 aliphatic heterocycles. The highest BCUT2D eigenvalue weighted by Crippen LogP contribution is 2.33. The first-order valence-electron chi connectivity index (χ1n) is 7.52. The van der Waals surface area contributed by atoms with Gasteiger partial charge in [-0.1, -0.05) is 30.3 Å². The molecular formula is C17H16N3O2+. The van der Waals surface area contributed by atoms with Crippen molar-refractivity contribution in [1.82, 2.24) is 4.98 Å². The van der Waals surface area contributed by atoms with E-state index in [2.05, 4.69) is 4.98 Å². The van der Waals surface area contributed by atoms with Crippen LogP contribution in [0, 0.1) is 5.92 Å². The van der Waals surface area contributed by atoms with Crippen molar-refractivity contribution in [3.8, 4) is 0 Å². The molecule has 0 bridgehead atoms. The highest BCUT2D eigenvalue weighted by Gasteiger charge is 2.49. The molecule has 1 aromatic heterocycles. The van der Waals surface area contributed by atoms with Crippen LogP contribution < -0.4 is 9.47 Å². The van der Waals surface area contributed by atoms with Crippen LogP contribution >= 0.6 is 0 Å². The summed E-state index contributed by atoms with van der Waals surface area (Å²) in [5, 5.41) is 0. The van der Waals surface area contributed by atoms with Gasteiger partial charge in [-0.25, -0.2) is 9.59 Å². The third-order valence-electron chi connectivity index (χ3n) is 4.28. The van der Waals surface area contributed by atoms with Gasteiger partial charge in [-0.2, -0.15) is 9.47 Å². The van der Waals surface area contributed by atoms with E-state index in [1.165, 1.54) is 0 Å². The van der Waals surface area contributed by atoms with Crippen molar-refractivity contribution in [2.24, 2.45) is 5.92 Å². The molecule has 1 saturated carbocycles. The molecule has 1 aromatic carbocycles. The standard InChI is InChI=1S/C17H16N3O2/c21-16-15(13-4-2-1-3-5-13)17(22)20(11-12-6-7-12)14-10-18-8-9-19(14)16/h1-5,8-10,12,15H,6-7,11H2/q+1. The number of fused-ring (bicyclic) bond motifs is 1. The van der Waals surface area contributed by atoms with E-state index in [4.69, 9.17) is 0 Å². The SMILES string of the molecule is O=C1C(c2ccccc2)C(=O)[n+]2ccncc2N1CC1CC1. The van der Waals surface area contributed by atoms with Crippen LogP contribution in [0.3, 0.4) is 0 Å². The largest absolute Gasteiger partial charge is 0.333 e. The van der Waals surface area contributed by atoms with Gasteiger partial charge < -0.3 is 0 Å². The van der Waals surface area contributed by atoms with E-state index >= 15 is 0 Å². The van der Waals surface area contributed by atoms with Crippen LogP contribution in [0.1, 0.15) is 29.1 Å². The highest BCUT2D eigenvalue weighted by molar-refractivity contribution is 6.11. The maximum absolute atomic E-state index is 12.9. The van der Waals surface area contributed by atoms with Gasteiger partial charge in [-0.15, -0.1) is 0 Å². The molecule has 110 valence electrons. The van der Waals surface area contributed by atoms with Crippen molar-refractivity contribution >= 4 is 17.6 Å². The molecule has 5 heteroatoms. The molecule has 2 aromatic rings. The van der Waals surface area contributed by atoms with Crippen LogP contribution in [0.2, 0.25) is 0 Å². The average Bonchev–Trinajstić information content (AvgIpc) is 3.37. The molecule has 5 nitrogen and oxygen atoms in total. The van der Waals surface area contributed by atoms with E-state index in [9.17, 15) is 9.59 Å². The number of anilines is 1. The Labute approximate surface area is 128 Å². The van der Waals surface area contributed by atoms with Crippen molar-refractivity contribution in [3.05, 3.63) is 54.5 Å². The van der Waals surface area contributed by atoms with E-state index in [0.29, 0.717) is 18.3 Å². The zero-order chi connectivity index (χ0) is 15.1. The first-order chi connectivity index (χ1) is 10.8. The highest BCUT2D eigenvalue weighted by atomic mass is 16.2. The van der Waals surface area contributed by atoms with Crippen molar-refractivity contribution in [2.75, 3.05) is 11.4 Å². The third-order valence-corrected chi connectivity index (χ3v) is 4.28. The topological polar surface area (TPSA) is 54.2 Å². The molecule has 0 radical (unpaired) electrons. The quantitative estimate of drug-likeness (QED) is 0.637. The molecule has 0 spiro atoms. The first kappa shape index (κ1) is 13.1. The van der Waals surface area contributed by atoms with Crippen LogP contribution in [0.15, 0.2) is 48.9 Å². The predicted molar refractivity (Wildman–Crippen MR) is 79.3 cm³/mol. The normalized spacial score (nSPS) is 20.9. The minimum Gasteiger partial charge on any atom is -0.252 e. The Morgan fingerprint density at radius 2 is 1.95 bits per heavy atom. The molecule has 1 fully saturated rings. The molecule has 0 saturated heterocycles. The maximum atomic E-state index is 12.9. The Kier molecular flexibility index (Phi) is 2.99. The number of benzene rings is 1. The summed E-state index contributed by atoms with van der Waals surface area (Å²) in [5.74, 6) is 0.00964. The summed E-state index contributed by atoms with van der Waals surface area (Å²) < 4.78 is 1.55. The van der Waals surface area contributed by atoms with Crippen LogP contribution in [0.25, 0.3) is 0 Å². The van der Waals surface area contributed by atoms with Gasteiger partial charge in [-0.05, 0) is 24.3 Å². The van der Waals surface area contributed by atoms with Crippen LogP contribution in [0.5, 0.6) is 0 Å². The molecule has 1 atom stereocenters. The Hall–Kier alpha value is -2.56. The third kappa shape index (κ3) is 2.09. The summed E-state index contributed by atoms with van der Waals surface area (Å²) in [6.45, 7) is 0.668. The Balaban J connectivity index is 1.81. The van der Waals surface area contributed by atoms with Gasteiger partial charge >= 0.3 is 17.6 Å². The monoisotopic (exact) mass is 294 g/mol. The summed E-state index contributed by atoms with van der Waals surface area (Å²) in [7, 11) is 0. The summed E-state index contributed by atoms with van der Waals surface area (Å²) in [5.41, 5.74) is 0.744. The lowest BCUT2D eigenvalue weighted by Gasteiger charge is -2.25. The Bertz CT molecular complexity index is 741. The molecule has 2 aliphatic rings. The van der Waals surface area contributed by atoms with Gasteiger partial charge in [0.15, 0.2) is 5.92 Å². The number of rotatable bonds is 3. The number of hydrogen-bond donors (Lipinski definition) is 0. The Morgan fingerprint density at radius 3 is 2.68 bits per heavy atom. The van der Waals surface area contributed by atoms with E-state index in [1.54, 1.807) is 28.1 Å². The fraction of sp³-hybridized carbons (Fsp3) is 0.294. The summed E-state index contributed by atoms with van der Waals surface area (Å²) in [6, 6.07) is 9.26. The van der Waals surface area contributed by atoms with E-state index in [0.717, 1.165) is 18.4 Å². The summed E-state index contributed by atoms with van der Waals surface area (Å²) in [4.78, 5) is 31.5. The van der Waals surface area contributed by atoms with E-state index < -0.39 is 5.92 Å². The van der Waals surface area contributed by atoms with Gasteiger partial charge in [0, 0.05) is 0 Å². The zero-order valence-corrected chi connectivity index (χ0v) is 12.1. The molecule has 4 rings (SSSR count). The molecular weight excluding hydrogens is 278 g/mol. The maximum Gasteiger partial charge on any atom is 0.333 e. The lowest BCUT2D eigenvalue weighted by atomic mass is 9.94. The number of carbonyl (C=O) groups excluding carboxylic acids is 2. The van der Waals surface area contributed by atoms with E-state index in [-0.39, 0.29) is 11.8 Å². The second-order valence-electron chi connectivity index (χ2n) is 5.88. The number of hydrogen-bond acceptors (Lipinski definition) is 3. The van der Waals surface area contributed by atoms with Crippen molar-refractivity contribution in [2.45, 2.75) is 18.8 Å². The number of amides is 1. The van der Waals surface area contributed by atoms with Crippen molar-refractivity contribution in [3.63, 3.8) is 0 Å². The Morgan fingerprint density at radius 1 is 1.18 bits per heavy atom. The average molecular weight is 294 g/mol. The number of aromatic nitrogens is 2. The van der Waals surface area contributed by atoms with Crippen LogP contribution in [-0.4, -0.2) is 23.3 Å². The van der Waals surface area contributed by atoms with Gasteiger partial charge in [0.25, 0.3) is 0 Å². The molecule has 1 aliphatic carbocycles. The summed E-state index contributed by atoms with van der Waals surface area (Å²) in [6.07, 6.45) is 7.11. The molecule has 22 heavy (non-hydrogen) atoms. The minimum atomic E-state index is -0.764. The summed E-state index contributed by atoms with van der Waals surface area (Å²) >= 11 is 0. The van der Waals surface area contributed by atoms with Gasteiger partial charge in [-0.3, -0.25) is 4.98 Å². The molecule has 1 unspecified atom stereocenters. The molecule has 0 N–H and O–H groups in total. The van der Waals surface area contributed by atoms with Gasteiger partial charge in [0.05, 0.1) is 12.7 Å².